The molecule has 0 fully saturated rings. The van der Waals surface area contributed by atoms with Crippen LogP contribution in [-0.2, 0) is 0 Å². The first-order valence-corrected chi connectivity index (χ1v) is 8.55. The van der Waals surface area contributed by atoms with Gasteiger partial charge in [0.05, 0.1) is 6.21 Å². The fourth-order valence-electron chi connectivity index (χ4n) is 2.51. The van der Waals surface area contributed by atoms with Crippen LogP contribution in [0.15, 0.2) is 74.5 Å². The van der Waals surface area contributed by atoms with Crippen molar-refractivity contribution in [1.29, 1.82) is 0 Å². The predicted octanol–water partition coefficient (Wildman–Crippen LogP) is 4.51. The lowest BCUT2D eigenvalue weighted by atomic mass is 10.2. The Morgan fingerprint density at radius 1 is 1.12 bits per heavy atom. The summed E-state index contributed by atoms with van der Waals surface area (Å²) >= 11 is 1.48. The second kappa shape index (κ2) is 6.49. The van der Waals surface area contributed by atoms with E-state index in [1.165, 1.54) is 23.5 Å². The van der Waals surface area contributed by atoms with E-state index in [2.05, 4.69) is 10.1 Å². The molecule has 6 heteroatoms. The van der Waals surface area contributed by atoms with Gasteiger partial charge in [-0.15, -0.1) is 11.3 Å². The van der Waals surface area contributed by atoms with E-state index in [-0.39, 0.29) is 5.82 Å². The summed E-state index contributed by atoms with van der Waals surface area (Å²) in [5.74, 6) is 0.455. The van der Waals surface area contributed by atoms with Crippen molar-refractivity contribution in [2.45, 2.75) is 0 Å². The topological polar surface area (TPSA) is 42.8 Å². The summed E-state index contributed by atoms with van der Waals surface area (Å²) in [6.45, 7) is 0. The van der Waals surface area contributed by atoms with Crippen molar-refractivity contribution >= 4 is 28.5 Å². The number of thiazole rings is 1. The van der Waals surface area contributed by atoms with Crippen LogP contribution in [-0.4, -0.2) is 17.9 Å². The average molecular weight is 351 g/mol. The summed E-state index contributed by atoms with van der Waals surface area (Å²) in [5, 5.41) is 7.50. The van der Waals surface area contributed by atoms with Crippen molar-refractivity contribution in [2.75, 3.05) is 7.05 Å². The maximum Gasteiger partial charge on any atom is 0.206 e. The third-order valence-electron chi connectivity index (χ3n) is 3.75. The minimum atomic E-state index is -0.271. The molecule has 0 spiro atoms. The number of hydrogen-bond donors (Lipinski definition) is 0. The molecule has 0 bridgehead atoms. The first-order chi connectivity index (χ1) is 12.2. The summed E-state index contributed by atoms with van der Waals surface area (Å²) in [7, 11) is 1.72. The molecule has 4 rings (SSSR count). The number of halogens is 1. The summed E-state index contributed by atoms with van der Waals surface area (Å²) < 4.78 is 20.7. The highest BCUT2D eigenvalue weighted by atomic mass is 32.1. The van der Waals surface area contributed by atoms with Gasteiger partial charge in [0.1, 0.15) is 17.1 Å². The SMILES string of the molecule is CN=c1scc(-c2cc3ccccc3o2)n1N=Cc1ccc(F)cc1. The van der Waals surface area contributed by atoms with Gasteiger partial charge in [-0.3, -0.25) is 4.99 Å². The molecule has 0 saturated carbocycles. The minimum absolute atomic E-state index is 0.271. The Balaban J connectivity index is 1.79. The Morgan fingerprint density at radius 3 is 2.68 bits per heavy atom. The summed E-state index contributed by atoms with van der Waals surface area (Å²) in [5.41, 5.74) is 2.45. The van der Waals surface area contributed by atoms with Crippen LogP contribution in [0.25, 0.3) is 22.4 Å². The first-order valence-electron chi connectivity index (χ1n) is 7.67. The standard InChI is InChI=1S/C19H14FN3OS/c1-21-19-23(22-11-13-6-8-15(20)9-7-13)16(12-25-19)18-10-14-4-2-3-5-17(14)24-18/h2-12H,1H3. The minimum Gasteiger partial charge on any atom is -0.454 e. The van der Waals surface area contributed by atoms with Crippen LogP contribution < -0.4 is 4.80 Å². The van der Waals surface area contributed by atoms with Gasteiger partial charge in [0, 0.05) is 17.8 Å². The Hall–Kier alpha value is -2.99. The van der Waals surface area contributed by atoms with E-state index in [9.17, 15) is 4.39 Å². The number of aromatic nitrogens is 1. The zero-order chi connectivity index (χ0) is 17.2. The number of hydrogen-bond acceptors (Lipinski definition) is 4. The molecule has 0 saturated heterocycles. The van der Waals surface area contributed by atoms with E-state index in [1.54, 1.807) is 30.1 Å². The summed E-state index contributed by atoms with van der Waals surface area (Å²) in [6, 6.07) is 16.0. The van der Waals surface area contributed by atoms with Crippen molar-refractivity contribution in [3.63, 3.8) is 0 Å². The second-order valence-corrected chi connectivity index (χ2v) is 6.22. The fourth-order valence-corrected chi connectivity index (χ4v) is 3.30. The predicted molar refractivity (Wildman–Crippen MR) is 98.4 cm³/mol. The highest BCUT2D eigenvalue weighted by molar-refractivity contribution is 7.07. The van der Waals surface area contributed by atoms with E-state index in [0.717, 1.165) is 32.8 Å². The van der Waals surface area contributed by atoms with Crippen LogP contribution in [0.1, 0.15) is 5.56 Å². The van der Waals surface area contributed by atoms with Crippen LogP contribution in [0, 0.1) is 5.82 Å². The number of nitrogens with zero attached hydrogens (tertiary/aromatic N) is 3. The molecule has 2 heterocycles. The molecule has 25 heavy (non-hydrogen) atoms. The zero-order valence-corrected chi connectivity index (χ0v) is 14.2. The number of benzene rings is 2. The fraction of sp³-hybridized carbons (Fsp3) is 0.0526. The first kappa shape index (κ1) is 15.5. The lowest BCUT2D eigenvalue weighted by molar-refractivity contribution is 0.622. The molecule has 124 valence electrons. The molecule has 0 N–H and O–H groups in total. The van der Waals surface area contributed by atoms with Gasteiger partial charge in [0.25, 0.3) is 0 Å². The lowest BCUT2D eigenvalue weighted by Gasteiger charge is -2.00. The van der Waals surface area contributed by atoms with E-state index in [0.29, 0.717) is 0 Å². The molecule has 0 aliphatic heterocycles. The lowest BCUT2D eigenvalue weighted by Crippen LogP contribution is -2.11. The third-order valence-corrected chi connectivity index (χ3v) is 4.65. The van der Waals surface area contributed by atoms with Crippen molar-refractivity contribution in [3.8, 4) is 11.5 Å². The monoisotopic (exact) mass is 351 g/mol. The maximum absolute atomic E-state index is 13.0. The van der Waals surface area contributed by atoms with Crippen LogP contribution in [0.4, 0.5) is 4.39 Å². The maximum atomic E-state index is 13.0. The van der Waals surface area contributed by atoms with Gasteiger partial charge in [-0.05, 0) is 29.8 Å². The molecule has 0 aliphatic rings. The highest BCUT2D eigenvalue weighted by Crippen LogP contribution is 2.28. The van der Waals surface area contributed by atoms with Crippen LogP contribution in [0.2, 0.25) is 0 Å². The molecule has 0 radical (unpaired) electrons. The second-order valence-electron chi connectivity index (χ2n) is 5.38. The van der Waals surface area contributed by atoms with Crippen LogP contribution in [0.5, 0.6) is 0 Å². The molecule has 4 nitrogen and oxygen atoms in total. The molecule has 0 amide bonds. The van der Waals surface area contributed by atoms with E-state index in [4.69, 9.17) is 4.42 Å². The Bertz CT molecular complexity index is 1090. The quantitative estimate of drug-likeness (QED) is 0.501. The third kappa shape index (κ3) is 3.04. The molecule has 0 unspecified atom stereocenters. The molecule has 2 aromatic heterocycles. The zero-order valence-electron chi connectivity index (χ0n) is 13.4. The summed E-state index contributed by atoms with van der Waals surface area (Å²) in [6.07, 6.45) is 1.67. The van der Waals surface area contributed by atoms with Gasteiger partial charge < -0.3 is 4.42 Å². The molecule has 4 aromatic rings. The summed E-state index contributed by atoms with van der Waals surface area (Å²) in [4.78, 5) is 5.01. The van der Waals surface area contributed by atoms with Gasteiger partial charge >= 0.3 is 0 Å². The molecular weight excluding hydrogens is 337 g/mol. The average Bonchev–Trinajstić information content (AvgIpc) is 3.24. The number of fused-ring (bicyclic) bond motifs is 1. The van der Waals surface area contributed by atoms with Crippen molar-refractivity contribution < 1.29 is 8.81 Å². The normalized spacial score (nSPS) is 12.5. The molecular formula is C19H14FN3OS. The Labute approximate surface area is 147 Å². The Morgan fingerprint density at radius 2 is 1.92 bits per heavy atom. The van der Waals surface area contributed by atoms with Crippen LogP contribution >= 0.6 is 11.3 Å². The van der Waals surface area contributed by atoms with Crippen LogP contribution in [0.3, 0.4) is 0 Å². The van der Waals surface area contributed by atoms with Crippen molar-refractivity contribution in [3.05, 3.63) is 76.2 Å². The molecule has 0 atom stereocenters. The largest absolute Gasteiger partial charge is 0.454 e. The van der Waals surface area contributed by atoms with Gasteiger partial charge in [-0.25, -0.2) is 9.07 Å². The van der Waals surface area contributed by atoms with E-state index in [1.807, 2.05) is 35.7 Å². The number of rotatable bonds is 3. The smallest absolute Gasteiger partial charge is 0.206 e. The van der Waals surface area contributed by atoms with Gasteiger partial charge in [-0.2, -0.15) is 5.10 Å². The van der Waals surface area contributed by atoms with Gasteiger partial charge in [0.15, 0.2) is 5.76 Å². The van der Waals surface area contributed by atoms with E-state index >= 15 is 0 Å². The van der Waals surface area contributed by atoms with Gasteiger partial charge in [-0.1, -0.05) is 30.3 Å². The molecule has 2 aromatic carbocycles. The van der Waals surface area contributed by atoms with E-state index < -0.39 is 0 Å². The van der Waals surface area contributed by atoms with Crippen molar-refractivity contribution in [1.82, 2.24) is 4.68 Å². The number of furan rings is 1. The highest BCUT2D eigenvalue weighted by Gasteiger charge is 2.12. The Kier molecular flexibility index (Phi) is 4.03. The molecule has 0 aliphatic carbocycles. The number of para-hydroxylation sites is 1. The van der Waals surface area contributed by atoms with Crippen molar-refractivity contribution in [2.24, 2.45) is 10.1 Å². The van der Waals surface area contributed by atoms with Gasteiger partial charge in [0.2, 0.25) is 4.80 Å².